The smallest absolute Gasteiger partial charge is 0.236 e. The van der Waals surface area contributed by atoms with E-state index in [-0.39, 0.29) is 0 Å². The van der Waals surface area contributed by atoms with E-state index in [1.165, 1.54) is 6.42 Å². The largest absolute Gasteiger partial charge is 0.424 e. The molecule has 0 bridgehead atoms. The molecule has 7 nitrogen and oxygen atoms in total. The standard InChI is InChI=1S/C17H29N5O2/c1-3-15-18-19-16(24-15)12-20-8-10-21(11-9-20)13-17(23)22-7-5-4-6-14(22)2/h14H,3-13H2,1-2H3. The molecule has 1 aromatic heterocycles. The first-order chi connectivity index (χ1) is 11.7. The molecule has 7 heteroatoms. The van der Waals surface area contributed by atoms with E-state index in [9.17, 15) is 4.79 Å². The molecule has 2 aliphatic heterocycles. The van der Waals surface area contributed by atoms with Crippen molar-refractivity contribution in [1.82, 2.24) is 24.9 Å². The number of hydrogen-bond acceptors (Lipinski definition) is 6. The van der Waals surface area contributed by atoms with Gasteiger partial charge in [0.1, 0.15) is 0 Å². The number of rotatable bonds is 5. The molecule has 134 valence electrons. The molecule has 1 amide bonds. The van der Waals surface area contributed by atoms with Gasteiger partial charge >= 0.3 is 0 Å². The number of carbonyl (C=O) groups excluding carboxylic acids is 1. The van der Waals surface area contributed by atoms with Gasteiger partial charge in [-0.25, -0.2) is 0 Å². The van der Waals surface area contributed by atoms with Crippen molar-refractivity contribution in [2.45, 2.75) is 52.1 Å². The third-order valence-corrected chi connectivity index (χ3v) is 5.12. The zero-order valence-corrected chi connectivity index (χ0v) is 14.9. The molecule has 1 atom stereocenters. The van der Waals surface area contributed by atoms with Gasteiger partial charge in [-0.2, -0.15) is 0 Å². The Labute approximate surface area is 144 Å². The molecule has 3 rings (SSSR count). The Bertz CT molecular complexity index is 539. The van der Waals surface area contributed by atoms with Gasteiger partial charge in [-0.15, -0.1) is 10.2 Å². The van der Waals surface area contributed by atoms with Gasteiger partial charge in [0, 0.05) is 45.2 Å². The molecule has 2 saturated heterocycles. The zero-order valence-electron chi connectivity index (χ0n) is 14.9. The van der Waals surface area contributed by atoms with Crippen LogP contribution in [0.2, 0.25) is 0 Å². The van der Waals surface area contributed by atoms with E-state index in [0.29, 0.717) is 36.8 Å². The summed E-state index contributed by atoms with van der Waals surface area (Å²) in [5, 5.41) is 8.09. The van der Waals surface area contributed by atoms with Crippen LogP contribution in [-0.2, 0) is 17.8 Å². The highest BCUT2D eigenvalue weighted by molar-refractivity contribution is 5.78. The average Bonchev–Trinajstić information content (AvgIpc) is 3.04. The Hall–Kier alpha value is -1.47. The molecule has 2 aliphatic rings. The van der Waals surface area contributed by atoms with E-state index in [4.69, 9.17) is 4.42 Å². The summed E-state index contributed by atoms with van der Waals surface area (Å²) in [6.07, 6.45) is 4.31. The van der Waals surface area contributed by atoms with Crippen molar-refractivity contribution in [3.05, 3.63) is 11.8 Å². The number of likely N-dealkylation sites (tertiary alicyclic amines) is 1. The lowest BCUT2D eigenvalue weighted by Gasteiger charge is -2.37. The van der Waals surface area contributed by atoms with Gasteiger partial charge < -0.3 is 9.32 Å². The van der Waals surface area contributed by atoms with Crippen LogP contribution in [0.1, 0.15) is 44.9 Å². The molecular formula is C17H29N5O2. The molecule has 0 spiro atoms. The molecule has 2 fully saturated rings. The first-order valence-electron chi connectivity index (χ1n) is 9.21. The number of aromatic nitrogens is 2. The summed E-state index contributed by atoms with van der Waals surface area (Å²) in [5.74, 6) is 1.68. The molecule has 1 unspecified atom stereocenters. The lowest BCUT2D eigenvalue weighted by molar-refractivity contribution is -0.136. The average molecular weight is 335 g/mol. The summed E-state index contributed by atoms with van der Waals surface area (Å²) in [7, 11) is 0. The van der Waals surface area contributed by atoms with Crippen LogP contribution in [0.3, 0.4) is 0 Å². The third kappa shape index (κ3) is 4.33. The monoisotopic (exact) mass is 335 g/mol. The van der Waals surface area contributed by atoms with E-state index in [1.807, 2.05) is 6.92 Å². The lowest BCUT2D eigenvalue weighted by Crippen LogP contribution is -2.51. The summed E-state index contributed by atoms with van der Waals surface area (Å²) in [6.45, 7) is 10.1. The zero-order chi connectivity index (χ0) is 16.9. The van der Waals surface area contributed by atoms with E-state index in [1.54, 1.807) is 0 Å². The number of hydrogen-bond donors (Lipinski definition) is 0. The maximum atomic E-state index is 12.5. The summed E-state index contributed by atoms with van der Waals surface area (Å²) in [4.78, 5) is 19.2. The van der Waals surface area contributed by atoms with Crippen molar-refractivity contribution in [1.29, 1.82) is 0 Å². The van der Waals surface area contributed by atoms with Crippen molar-refractivity contribution < 1.29 is 9.21 Å². The Morgan fingerprint density at radius 1 is 1.08 bits per heavy atom. The second kappa shape index (κ2) is 8.07. The minimum absolute atomic E-state index is 0.292. The summed E-state index contributed by atoms with van der Waals surface area (Å²) in [5.41, 5.74) is 0. The highest BCUT2D eigenvalue weighted by Crippen LogP contribution is 2.17. The number of carbonyl (C=O) groups is 1. The van der Waals surface area contributed by atoms with Gasteiger partial charge in [0.25, 0.3) is 0 Å². The highest BCUT2D eigenvalue weighted by atomic mass is 16.4. The summed E-state index contributed by atoms with van der Waals surface area (Å²) in [6, 6.07) is 0.401. The van der Waals surface area contributed by atoms with Crippen LogP contribution in [0, 0.1) is 0 Å². The quantitative estimate of drug-likeness (QED) is 0.804. The van der Waals surface area contributed by atoms with Crippen LogP contribution >= 0.6 is 0 Å². The van der Waals surface area contributed by atoms with Crippen LogP contribution < -0.4 is 0 Å². The number of amides is 1. The van der Waals surface area contributed by atoms with Crippen LogP contribution in [-0.4, -0.2) is 76.1 Å². The van der Waals surface area contributed by atoms with Gasteiger partial charge in [-0.3, -0.25) is 14.6 Å². The minimum Gasteiger partial charge on any atom is -0.424 e. The third-order valence-electron chi connectivity index (χ3n) is 5.12. The molecule has 24 heavy (non-hydrogen) atoms. The first kappa shape index (κ1) is 17.4. The van der Waals surface area contributed by atoms with Gasteiger partial charge in [0.05, 0.1) is 13.1 Å². The van der Waals surface area contributed by atoms with Crippen molar-refractivity contribution in [3.8, 4) is 0 Å². The first-order valence-corrected chi connectivity index (χ1v) is 9.21. The van der Waals surface area contributed by atoms with E-state index < -0.39 is 0 Å². The predicted molar refractivity (Wildman–Crippen MR) is 90.4 cm³/mol. The Kier molecular flexibility index (Phi) is 5.84. The fourth-order valence-electron chi connectivity index (χ4n) is 3.54. The summed E-state index contributed by atoms with van der Waals surface area (Å²) < 4.78 is 5.58. The van der Waals surface area contributed by atoms with Gasteiger partial charge in [0.2, 0.25) is 17.7 Å². The van der Waals surface area contributed by atoms with E-state index in [2.05, 4.69) is 31.8 Å². The molecular weight excluding hydrogens is 306 g/mol. The van der Waals surface area contributed by atoms with Crippen molar-refractivity contribution in [3.63, 3.8) is 0 Å². The normalized spacial score (nSPS) is 23.6. The number of aryl methyl sites for hydroxylation is 1. The predicted octanol–water partition coefficient (Wildman–Crippen LogP) is 1.15. The molecule has 0 N–H and O–H groups in total. The van der Waals surface area contributed by atoms with Gasteiger partial charge in [-0.1, -0.05) is 6.92 Å². The summed E-state index contributed by atoms with van der Waals surface area (Å²) >= 11 is 0. The Morgan fingerprint density at radius 3 is 2.46 bits per heavy atom. The second-order valence-electron chi connectivity index (χ2n) is 6.93. The van der Waals surface area contributed by atoms with Crippen molar-refractivity contribution >= 4 is 5.91 Å². The van der Waals surface area contributed by atoms with Crippen LogP contribution in [0.25, 0.3) is 0 Å². The van der Waals surface area contributed by atoms with Gasteiger partial charge in [-0.05, 0) is 26.2 Å². The molecule has 0 aromatic carbocycles. The Balaban J connectivity index is 1.42. The van der Waals surface area contributed by atoms with E-state index >= 15 is 0 Å². The highest BCUT2D eigenvalue weighted by Gasteiger charge is 2.26. The molecule has 0 saturated carbocycles. The fourth-order valence-corrected chi connectivity index (χ4v) is 3.54. The minimum atomic E-state index is 0.292. The maximum absolute atomic E-state index is 12.5. The topological polar surface area (TPSA) is 65.7 Å². The maximum Gasteiger partial charge on any atom is 0.236 e. The molecule has 3 heterocycles. The number of piperidine rings is 1. The Morgan fingerprint density at radius 2 is 1.79 bits per heavy atom. The number of nitrogens with zero attached hydrogens (tertiary/aromatic N) is 5. The van der Waals surface area contributed by atoms with Crippen molar-refractivity contribution in [2.75, 3.05) is 39.3 Å². The SMILES string of the molecule is CCc1nnc(CN2CCN(CC(=O)N3CCCCC3C)CC2)o1. The number of piperazine rings is 1. The molecule has 1 aromatic rings. The lowest BCUT2D eigenvalue weighted by atomic mass is 10.0. The van der Waals surface area contributed by atoms with Crippen LogP contribution in [0.5, 0.6) is 0 Å². The molecule has 0 radical (unpaired) electrons. The van der Waals surface area contributed by atoms with Crippen LogP contribution in [0.4, 0.5) is 0 Å². The fraction of sp³-hybridized carbons (Fsp3) is 0.824. The van der Waals surface area contributed by atoms with Gasteiger partial charge in [0.15, 0.2) is 0 Å². The second-order valence-corrected chi connectivity index (χ2v) is 6.93. The van der Waals surface area contributed by atoms with E-state index in [0.717, 1.165) is 52.0 Å². The van der Waals surface area contributed by atoms with Crippen molar-refractivity contribution in [2.24, 2.45) is 0 Å². The van der Waals surface area contributed by atoms with Crippen LogP contribution in [0.15, 0.2) is 4.42 Å². The molecule has 0 aliphatic carbocycles.